The van der Waals surface area contributed by atoms with Crippen molar-refractivity contribution in [3.8, 4) is 22.6 Å². The quantitative estimate of drug-likeness (QED) is 0.263. The van der Waals surface area contributed by atoms with Gasteiger partial charge in [-0.2, -0.15) is 0 Å². The van der Waals surface area contributed by atoms with E-state index < -0.39 is 11.4 Å². The number of nitrogens with zero attached hydrogens (tertiary/aromatic N) is 1. The van der Waals surface area contributed by atoms with Crippen molar-refractivity contribution in [2.75, 3.05) is 29.7 Å². The van der Waals surface area contributed by atoms with Gasteiger partial charge in [-0.1, -0.05) is 30.3 Å². The molecule has 0 bridgehead atoms. The van der Waals surface area contributed by atoms with Gasteiger partial charge in [0.15, 0.2) is 0 Å². The Kier molecular flexibility index (Phi) is 7.41. The highest BCUT2D eigenvalue weighted by Crippen LogP contribution is 2.45. The third kappa shape index (κ3) is 5.45. The Bertz CT molecular complexity index is 1640. The second kappa shape index (κ2) is 11.0. The molecule has 41 heavy (non-hydrogen) atoms. The maximum Gasteiger partial charge on any atom is 0.255 e. The Balaban J connectivity index is 1.58. The number of aryl methyl sites for hydroxylation is 1. The summed E-state index contributed by atoms with van der Waals surface area (Å²) < 4.78 is 26.0. The Labute approximate surface area is 238 Å². The average Bonchev–Trinajstić information content (AvgIpc) is 2.96. The first-order valence-electron chi connectivity index (χ1n) is 13.2. The fourth-order valence-electron chi connectivity index (χ4n) is 5.09. The number of methoxy groups -OCH3 is 1. The SMILES string of the molecule is COc1cc(NC(=O)c2ccccc2)ccc1-c1ccc2c(c1COc1cc(F)ccc1C)N(C)C(=O)C(C)(C)N2. The van der Waals surface area contributed by atoms with Crippen LogP contribution in [0.4, 0.5) is 21.5 Å². The number of amides is 2. The lowest BCUT2D eigenvalue weighted by Crippen LogP contribution is -2.52. The van der Waals surface area contributed by atoms with Crippen molar-refractivity contribution in [2.24, 2.45) is 0 Å². The molecule has 4 aromatic rings. The van der Waals surface area contributed by atoms with Gasteiger partial charge in [0, 0.05) is 41.6 Å². The first-order valence-corrected chi connectivity index (χ1v) is 13.2. The van der Waals surface area contributed by atoms with Crippen molar-refractivity contribution in [1.29, 1.82) is 0 Å². The van der Waals surface area contributed by atoms with Crippen LogP contribution in [0.1, 0.15) is 35.3 Å². The zero-order valence-corrected chi connectivity index (χ0v) is 23.7. The maximum absolute atomic E-state index is 14.0. The molecule has 0 saturated carbocycles. The van der Waals surface area contributed by atoms with Gasteiger partial charge in [0.25, 0.3) is 11.8 Å². The molecule has 1 aliphatic rings. The van der Waals surface area contributed by atoms with Gasteiger partial charge in [-0.25, -0.2) is 4.39 Å². The van der Waals surface area contributed by atoms with E-state index in [9.17, 15) is 14.0 Å². The first kappa shape index (κ1) is 27.7. The average molecular weight is 554 g/mol. The number of ether oxygens (including phenoxy) is 2. The van der Waals surface area contributed by atoms with Crippen LogP contribution in [0.25, 0.3) is 11.1 Å². The van der Waals surface area contributed by atoms with Gasteiger partial charge >= 0.3 is 0 Å². The first-order chi connectivity index (χ1) is 19.6. The molecular weight excluding hydrogens is 521 g/mol. The van der Waals surface area contributed by atoms with Crippen LogP contribution in [0.5, 0.6) is 11.5 Å². The Morgan fingerprint density at radius 3 is 2.44 bits per heavy atom. The number of hydrogen-bond donors (Lipinski definition) is 2. The van der Waals surface area contributed by atoms with Crippen LogP contribution in [0.3, 0.4) is 0 Å². The summed E-state index contributed by atoms with van der Waals surface area (Å²) in [6, 6.07) is 22.7. The molecule has 2 N–H and O–H groups in total. The van der Waals surface area contributed by atoms with Gasteiger partial charge < -0.3 is 25.0 Å². The van der Waals surface area contributed by atoms with Crippen LogP contribution in [0, 0.1) is 12.7 Å². The molecule has 0 aliphatic carbocycles. The second-order valence-corrected chi connectivity index (χ2v) is 10.5. The van der Waals surface area contributed by atoms with E-state index in [4.69, 9.17) is 9.47 Å². The number of anilines is 3. The van der Waals surface area contributed by atoms with E-state index in [1.807, 2.05) is 45.0 Å². The topological polar surface area (TPSA) is 79.9 Å². The number of likely N-dealkylation sites (N-methyl/N-ethyl adjacent to an activating group) is 1. The molecule has 0 fully saturated rings. The van der Waals surface area contributed by atoms with E-state index in [0.29, 0.717) is 28.4 Å². The van der Waals surface area contributed by atoms with E-state index in [2.05, 4.69) is 10.6 Å². The van der Waals surface area contributed by atoms with Gasteiger partial charge in [-0.15, -0.1) is 0 Å². The molecule has 1 aliphatic heterocycles. The van der Waals surface area contributed by atoms with Crippen LogP contribution < -0.4 is 25.0 Å². The minimum absolute atomic E-state index is 0.0676. The minimum atomic E-state index is -0.795. The molecule has 7 nitrogen and oxygen atoms in total. The Morgan fingerprint density at radius 1 is 0.976 bits per heavy atom. The summed E-state index contributed by atoms with van der Waals surface area (Å²) in [5, 5.41) is 6.26. The van der Waals surface area contributed by atoms with Gasteiger partial charge in [0.05, 0.1) is 18.5 Å². The number of carbonyl (C=O) groups excluding carboxylic acids is 2. The van der Waals surface area contributed by atoms with Crippen molar-refractivity contribution >= 4 is 28.9 Å². The van der Waals surface area contributed by atoms with E-state index in [1.54, 1.807) is 61.5 Å². The number of rotatable bonds is 7. The lowest BCUT2D eigenvalue weighted by Gasteiger charge is -2.39. The van der Waals surface area contributed by atoms with Gasteiger partial charge in [0.2, 0.25) is 0 Å². The molecule has 0 atom stereocenters. The predicted molar refractivity (Wildman–Crippen MR) is 159 cm³/mol. The summed E-state index contributed by atoms with van der Waals surface area (Å²) >= 11 is 0. The van der Waals surface area contributed by atoms with Gasteiger partial charge in [0.1, 0.15) is 29.5 Å². The smallest absolute Gasteiger partial charge is 0.255 e. The second-order valence-electron chi connectivity index (χ2n) is 10.5. The third-order valence-electron chi connectivity index (χ3n) is 7.21. The molecule has 0 radical (unpaired) electrons. The Hall–Kier alpha value is -4.85. The molecule has 0 spiro atoms. The number of nitrogens with one attached hydrogen (secondary N) is 2. The minimum Gasteiger partial charge on any atom is -0.496 e. The molecule has 1 heterocycles. The van der Waals surface area contributed by atoms with E-state index in [-0.39, 0.29) is 18.4 Å². The molecule has 5 rings (SSSR count). The zero-order valence-electron chi connectivity index (χ0n) is 23.7. The van der Waals surface area contributed by atoms with Crippen LogP contribution in [-0.4, -0.2) is 31.5 Å². The number of benzene rings is 4. The lowest BCUT2D eigenvalue weighted by atomic mass is 9.91. The number of fused-ring (bicyclic) bond motifs is 1. The zero-order chi connectivity index (χ0) is 29.3. The highest BCUT2D eigenvalue weighted by molar-refractivity contribution is 6.09. The fraction of sp³-hybridized carbons (Fsp3) is 0.212. The highest BCUT2D eigenvalue weighted by atomic mass is 19.1. The van der Waals surface area contributed by atoms with Crippen molar-refractivity contribution in [2.45, 2.75) is 32.9 Å². The molecule has 210 valence electrons. The molecule has 4 aromatic carbocycles. The summed E-state index contributed by atoms with van der Waals surface area (Å²) in [6.07, 6.45) is 0. The third-order valence-corrected chi connectivity index (χ3v) is 7.21. The fourth-order valence-corrected chi connectivity index (χ4v) is 5.09. The summed E-state index contributed by atoms with van der Waals surface area (Å²) in [7, 11) is 3.30. The van der Waals surface area contributed by atoms with Crippen molar-refractivity contribution in [1.82, 2.24) is 0 Å². The van der Waals surface area contributed by atoms with Crippen LogP contribution in [-0.2, 0) is 11.4 Å². The molecule has 0 unspecified atom stereocenters. The molecular formula is C33H32FN3O4. The van der Waals surface area contributed by atoms with Crippen LogP contribution in [0.2, 0.25) is 0 Å². The Morgan fingerprint density at radius 2 is 1.71 bits per heavy atom. The molecule has 8 heteroatoms. The van der Waals surface area contributed by atoms with Crippen LogP contribution in [0.15, 0.2) is 78.9 Å². The monoisotopic (exact) mass is 553 g/mol. The maximum atomic E-state index is 14.0. The largest absolute Gasteiger partial charge is 0.496 e. The molecule has 0 saturated heterocycles. The summed E-state index contributed by atoms with van der Waals surface area (Å²) in [6.45, 7) is 5.58. The number of hydrogen-bond acceptors (Lipinski definition) is 5. The highest BCUT2D eigenvalue weighted by Gasteiger charge is 2.38. The van der Waals surface area contributed by atoms with E-state index >= 15 is 0 Å². The van der Waals surface area contributed by atoms with Crippen LogP contribution >= 0.6 is 0 Å². The molecule has 2 amide bonds. The number of halogens is 1. The predicted octanol–water partition coefficient (Wildman–Crippen LogP) is 6.81. The van der Waals surface area contributed by atoms with E-state index in [1.165, 1.54) is 12.1 Å². The summed E-state index contributed by atoms with van der Waals surface area (Å²) in [5.41, 5.74) is 4.80. The normalized spacial score (nSPS) is 13.7. The van der Waals surface area contributed by atoms with Crippen molar-refractivity contribution in [3.63, 3.8) is 0 Å². The lowest BCUT2D eigenvalue weighted by molar-refractivity contribution is -0.121. The van der Waals surface area contributed by atoms with E-state index in [0.717, 1.165) is 27.9 Å². The molecule has 0 aromatic heterocycles. The van der Waals surface area contributed by atoms with Gasteiger partial charge in [-0.05, 0) is 68.3 Å². The summed E-state index contributed by atoms with van der Waals surface area (Å²) in [4.78, 5) is 27.6. The standard InChI is InChI=1S/C33H32FN3O4/c1-20-11-12-22(34)17-28(20)41-19-26-24(15-16-27-30(26)37(4)32(39)33(2,3)36-27)25-14-13-23(18-29(25)40-5)35-31(38)21-9-7-6-8-10-21/h6-18,36H,19H2,1-5H3,(H,35,38). The van der Waals surface area contributed by atoms with Gasteiger partial charge in [-0.3, -0.25) is 9.59 Å². The number of carbonyl (C=O) groups is 2. The summed E-state index contributed by atoms with van der Waals surface area (Å²) in [5.74, 6) is 0.208. The van der Waals surface area contributed by atoms with Crippen molar-refractivity contribution in [3.05, 3.63) is 101 Å². The van der Waals surface area contributed by atoms with Crippen molar-refractivity contribution < 1.29 is 23.5 Å².